The molecule has 4 rings (SSSR count). The Balaban J connectivity index is 1.54. The highest BCUT2D eigenvalue weighted by Gasteiger charge is 2.64. The van der Waals surface area contributed by atoms with Gasteiger partial charge in [-0.2, -0.15) is 0 Å². The molecule has 0 amide bonds. The molecule has 30 heavy (non-hydrogen) atoms. The first-order chi connectivity index (χ1) is 14.2. The van der Waals surface area contributed by atoms with Crippen LogP contribution in [0, 0.1) is 46.3 Å². The van der Waals surface area contributed by atoms with Crippen molar-refractivity contribution in [2.24, 2.45) is 46.3 Å². The van der Waals surface area contributed by atoms with Gasteiger partial charge in [-0.3, -0.25) is 14.4 Å². The van der Waals surface area contributed by atoms with Gasteiger partial charge >= 0.3 is 5.97 Å². The number of hydrogen-bond donors (Lipinski definition) is 1. The summed E-state index contributed by atoms with van der Waals surface area (Å²) in [6.07, 6.45) is 9.05. The van der Waals surface area contributed by atoms with E-state index in [0.29, 0.717) is 54.7 Å². The van der Waals surface area contributed by atoms with Crippen molar-refractivity contribution in [2.75, 3.05) is 0 Å². The molecule has 4 aliphatic rings. The largest absolute Gasteiger partial charge is 0.481 e. The van der Waals surface area contributed by atoms with Crippen molar-refractivity contribution >= 4 is 18.2 Å². The summed E-state index contributed by atoms with van der Waals surface area (Å²) in [5, 5.41) is 9.10. The zero-order chi connectivity index (χ0) is 21.7. The normalized spacial score (nSPS) is 46.3. The summed E-state index contributed by atoms with van der Waals surface area (Å²) >= 11 is 0. The molecule has 4 aliphatic carbocycles. The van der Waals surface area contributed by atoms with E-state index in [9.17, 15) is 14.4 Å². The lowest BCUT2D eigenvalue weighted by Gasteiger charge is -2.60. The minimum absolute atomic E-state index is 0.0487. The Morgan fingerprint density at radius 1 is 1.20 bits per heavy atom. The van der Waals surface area contributed by atoms with Crippen LogP contribution < -0.4 is 0 Å². The van der Waals surface area contributed by atoms with Crippen molar-refractivity contribution in [2.45, 2.75) is 91.1 Å². The summed E-state index contributed by atoms with van der Waals surface area (Å²) in [6.45, 7) is 7.38. The van der Waals surface area contributed by atoms with Crippen molar-refractivity contribution in [1.82, 2.24) is 0 Å². The van der Waals surface area contributed by atoms with Crippen LogP contribution in [-0.4, -0.2) is 29.4 Å². The summed E-state index contributed by atoms with van der Waals surface area (Å²) in [5.41, 5.74) is -0.101. The number of ketones is 1. The predicted octanol–water partition coefficient (Wildman–Crippen LogP) is 4.87. The molecule has 0 saturated heterocycles. The summed E-state index contributed by atoms with van der Waals surface area (Å²) in [5.74, 6) is 2.34. The van der Waals surface area contributed by atoms with E-state index < -0.39 is 5.97 Å². The predicted molar refractivity (Wildman–Crippen MR) is 113 cm³/mol. The summed E-state index contributed by atoms with van der Waals surface area (Å²) in [4.78, 5) is 35.6. The minimum atomic E-state index is -0.739. The first-order valence-electron chi connectivity index (χ1n) is 12.1. The molecule has 0 aromatic rings. The highest BCUT2D eigenvalue weighted by molar-refractivity contribution is 5.87. The molecule has 0 heterocycles. The fourth-order valence-corrected chi connectivity index (χ4v) is 8.62. The number of rotatable bonds is 6. The molecule has 9 atom stereocenters. The molecule has 4 fully saturated rings. The van der Waals surface area contributed by atoms with Gasteiger partial charge in [0.25, 0.3) is 6.47 Å². The molecule has 0 spiro atoms. The molecule has 0 unspecified atom stereocenters. The Morgan fingerprint density at radius 3 is 2.67 bits per heavy atom. The smallest absolute Gasteiger partial charge is 0.303 e. The van der Waals surface area contributed by atoms with Crippen LogP contribution in [0.2, 0.25) is 0 Å². The van der Waals surface area contributed by atoms with E-state index in [2.05, 4.69) is 20.8 Å². The van der Waals surface area contributed by atoms with E-state index in [1.807, 2.05) is 0 Å². The molecule has 4 saturated carbocycles. The Bertz CT molecular complexity index is 704. The maximum Gasteiger partial charge on any atom is 0.303 e. The number of carboxylic acids is 1. The van der Waals surface area contributed by atoms with Crippen LogP contribution >= 0.6 is 0 Å². The molecular formula is C25H38O5. The first kappa shape index (κ1) is 21.8. The third-order valence-corrected chi connectivity index (χ3v) is 10.3. The SMILES string of the molecule is C[C@H](CCC(=O)O)[C@H]1CC[C@H]2[C@@H]3CC[C@H]4C[C@@H](OC=O)CC[C@]4(C)[C@H]3CC(=O)[C@]12C. The zero-order valence-electron chi connectivity index (χ0n) is 18.8. The minimum Gasteiger partial charge on any atom is -0.481 e. The number of hydrogen-bond acceptors (Lipinski definition) is 4. The summed E-state index contributed by atoms with van der Waals surface area (Å²) < 4.78 is 5.31. The van der Waals surface area contributed by atoms with E-state index in [1.165, 1.54) is 12.8 Å². The van der Waals surface area contributed by atoms with Gasteiger partial charge in [0.1, 0.15) is 11.9 Å². The van der Waals surface area contributed by atoms with E-state index in [4.69, 9.17) is 9.84 Å². The van der Waals surface area contributed by atoms with E-state index >= 15 is 0 Å². The number of ether oxygens (including phenoxy) is 1. The second kappa shape index (κ2) is 7.94. The number of carboxylic acid groups (broad SMARTS) is 1. The van der Waals surface area contributed by atoms with E-state index in [1.54, 1.807) is 0 Å². The lowest BCUT2D eigenvalue weighted by molar-refractivity contribution is -0.163. The van der Waals surface area contributed by atoms with Gasteiger partial charge in [-0.15, -0.1) is 0 Å². The van der Waals surface area contributed by atoms with Crippen LogP contribution in [0.4, 0.5) is 0 Å². The third kappa shape index (κ3) is 3.31. The summed E-state index contributed by atoms with van der Waals surface area (Å²) in [7, 11) is 0. The van der Waals surface area contributed by atoms with Gasteiger partial charge in [-0.1, -0.05) is 20.8 Å². The van der Waals surface area contributed by atoms with Crippen LogP contribution in [0.5, 0.6) is 0 Å². The van der Waals surface area contributed by atoms with Crippen molar-refractivity contribution in [3.63, 3.8) is 0 Å². The van der Waals surface area contributed by atoms with Crippen LogP contribution in [0.3, 0.4) is 0 Å². The average molecular weight is 419 g/mol. The molecule has 5 nitrogen and oxygen atoms in total. The second-order valence-corrected chi connectivity index (χ2v) is 11.3. The second-order valence-electron chi connectivity index (χ2n) is 11.3. The quantitative estimate of drug-likeness (QED) is 0.623. The average Bonchev–Trinajstić information content (AvgIpc) is 3.06. The van der Waals surface area contributed by atoms with Gasteiger partial charge in [-0.25, -0.2) is 0 Å². The van der Waals surface area contributed by atoms with Crippen LogP contribution in [0.25, 0.3) is 0 Å². The molecule has 0 aromatic heterocycles. The molecule has 0 aliphatic heterocycles. The van der Waals surface area contributed by atoms with Gasteiger partial charge in [0.15, 0.2) is 0 Å². The lowest BCUT2D eigenvalue weighted by Crippen LogP contribution is -2.57. The van der Waals surface area contributed by atoms with Gasteiger partial charge in [0, 0.05) is 18.3 Å². The Kier molecular flexibility index (Phi) is 5.78. The topological polar surface area (TPSA) is 80.7 Å². The fraction of sp³-hybridized carbons (Fsp3) is 0.880. The lowest BCUT2D eigenvalue weighted by atomic mass is 9.44. The molecule has 0 bridgehead atoms. The Morgan fingerprint density at radius 2 is 1.97 bits per heavy atom. The maximum absolute atomic E-state index is 13.7. The van der Waals surface area contributed by atoms with Crippen molar-refractivity contribution in [1.29, 1.82) is 0 Å². The third-order valence-electron chi connectivity index (χ3n) is 10.3. The molecule has 168 valence electrons. The van der Waals surface area contributed by atoms with Crippen LogP contribution in [-0.2, 0) is 19.1 Å². The molecule has 1 N–H and O–H groups in total. The molecule has 5 heteroatoms. The Labute approximate surface area is 180 Å². The summed E-state index contributed by atoms with van der Waals surface area (Å²) in [6, 6.07) is 0. The van der Waals surface area contributed by atoms with Crippen molar-refractivity contribution in [3.05, 3.63) is 0 Å². The number of carbonyl (C=O) groups excluding carboxylic acids is 2. The van der Waals surface area contributed by atoms with Crippen molar-refractivity contribution in [3.8, 4) is 0 Å². The highest BCUT2D eigenvalue weighted by atomic mass is 16.5. The first-order valence-corrected chi connectivity index (χ1v) is 12.1. The Hall–Kier alpha value is -1.39. The van der Waals surface area contributed by atoms with E-state index in [-0.39, 0.29) is 29.3 Å². The van der Waals surface area contributed by atoms with E-state index in [0.717, 1.165) is 32.1 Å². The van der Waals surface area contributed by atoms with Gasteiger partial charge in [0.2, 0.25) is 0 Å². The van der Waals surface area contributed by atoms with Crippen LogP contribution in [0.1, 0.15) is 85.0 Å². The number of aliphatic carboxylic acids is 1. The number of fused-ring (bicyclic) bond motifs is 5. The van der Waals surface area contributed by atoms with Crippen molar-refractivity contribution < 1.29 is 24.2 Å². The monoisotopic (exact) mass is 418 g/mol. The zero-order valence-corrected chi connectivity index (χ0v) is 18.8. The van der Waals surface area contributed by atoms with Gasteiger partial charge < -0.3 is 9.84 Å². The van der Waals surface area contributed by atoms with Crippen LogP contribution in [0.15, 0.2) is 0 Å². The maximum atomic E-state index is 13.7. The molecule has 0 radical (unpaired) electrons. The number of Topliss-reactive ketones (excluding diaryl/α,β-unsaturated/α-hetero) is 1. The standard InChI is InChI=1S/C25H38O5/c1-15(4-9-23(28)29)19-7-8-20-18-6-5-16-12-17(30-14-26)10-11-24(16,2)21(18)13-22(27)25(19,20)3/h14-21H,4-13H2,1-3H3,(H,28,29)/t15-,16+,17+,18+,19-,20+,21+,24+,25-/m1/s1. The van der Waals surface area contributed by atoms with Gasteiger partial charge in [-0.05, 0) is 92.3 Å². The molecule has 0 aromatic carbocycles. The van der Waals surface area contributed by atoms with Gasteiger partial charge in [0.05, 0.1) is 0 Å². The number of carbonyl (C=O) groups is 3. The highest BCUT2D eigenvalue weighted by Crippen LogP contribution is 2.67. The molecular weight excluding hydrogens is 380 g/mol. The fourth-order valence-electron chi connectivity index (χ4n) is 8.62.